The Hall–Kier alpha value is -2.63. The Balaban J connectivity index is 1.77. The van der Waals surface area contributed by atoms with Gasteiger partial charge in [-0.15, -0.1) is 0 Å². The van der Waals surface area contributed by atoms with E-state index in [2.05, 4.69) is 38.7 Å². The zero-order chi connectivity index (χ0) is 27.9. The normalized spacial score (nSPS) is 19.9. The van der Waals surface area contributed by atoms with E-state index in [4.69, 9.17) is 9.73 Å². The number of unbranched alkanes of at least 4 members (excludes halogenated alkanes) is 1. The number of benzene rings is 1. The first-order valence-electron chi connectivity index (χ1n) is 14.4. The molecule has 1 amide bonds. The molecule has 2 fully saturated rings. The molecule has 1 aromatic rings. The zero-order valence-electron chi connectivity index (χ0n) is 24.6. The highest BCUT2D eigenvalue weighted by atomic mass is 19.1. The van der Waals surface area contributed by atoms with Crippen molar-refractivity contribution in [3.05, 3.63) is 58.6 Å². The Morgan fingerprint density at radius 3 is 2.53 bits per heavy atom. The fraction of sp³-hybridized carbons (Fsp3) is 0.625. The van der Waals surface area contributed by atoms with E-state index in [9.17, 15) is 9.18 Å². The van der Waals surface area contributed by atoms with Gasteiger partial charge in [0, 0.05) is 49.2 Å². The van der Waals surface area contributed by atoms with Crippen molar-refractivity contribution < 1.29 is 13.9 Å². The van der Waals surface area contributed by atoms with Crippen molar-refractivity contribution in [1.82, 2.24) is 9.80 Å². The van der Waals surface area contributed by atoms with Crippen molar-refractivity contribution in [3.63, 3.8) is 0 Å². The maximum absolute atomic E-state index is 13.6. The zero-order valence-corrected chi connectivity index (χ0v) is 24.6. The minimum Gasteiger partial charge on any atom is -0.444 e. The number of ether oxygens (including phenoxy) is 1. The van der Waals surface area contributed by atoms with Crippen LogP contribution in [0.4, 0.5) is 9.18 Å². The molecule has 5 nitrogen and oxygen atoms in total. The third-order valence-electron chi connectivity index (χ3n) is 7.36. The molecule has 1 heterocycles. The Morgan fingerprint density at radius 1 is 1.21 bits per heavy atom. The molecule has 210 valence electrons. The van der Waals surface area contributed by atoms with Gasteiger partial charge in [-0.2, -0.15) is 0 Å². The second kappa shape index (κ2) is 13.4. The van der Waals surface area contributed by atoms with Crippen LogP contribution in [0.1, 0.15) is 86.1 Å². The van der Waals surface area contributed by atoms with Crippen LogP contribution in [-0.4, -0.2) is 59.4 Å². The summed E-state index contributed by atoms with van der Waals surface area (Å²) in [6.45, 7) is 17.3. The lowest BCUT2D eigenvalue weighted by molar-refractivity contribution is 0.00494. The summed E-state index contributed by atoms with van der Waals surface area (Å²) in [5.74, 6) is 0.444. The summed E-state index contributed by atoms with van der Waals surface area (Å²) >= 11 is 0. The van der Waals surface area contributed by atoms with E-state index >= 15 is 0 Å². The van der Waals surface area contributed by atoms with Crippen molar-refractivity contribution >= 4 is 11.8 Å². The van der Waals surface area contributed by atoms with Gasteiger partial charge >= 0.3 is 6.09 Å². The minimum absolute atomic E-state index is 0.0580. The molecule has 2 aliphatic rings. The highest BCUT2D eigenvalue weighted by Gasteiger charge is 2.34. The van der Waals surface area contributed by atoms with Gasteiger partial charge in [-0.25, -0.2) is 9.18 Å². The number of hydrogen-bond acceptors (Lipinski definition) is 4. The van der Waals surface area contributed by atoms with Crippen LogP contribution < -0.4 is 0 Å². The summed E-state index contributed by atoms with van der Waals surface area (Å²) in [7, 11) is 0. The lowest BCUT2D eigenvalue weighted by atomic mass is 9.91. The SMILES string of the molecule is C/C=C(\C(C(CCCCc1cccc(F)c1)=NCC)=C(\C)N1CCN(C(=O)OC(C)(C)C)[C@H](C)C1)C1CC1. The summed E-state index contributed by atoms with van der Waals surface area (Å²) < 4.78 is 19.2. The van der Waals surface area contributed by atoms with Crippen LogP contribution >= 0.6 is 0 Å². The third-order valence-corrected chi connectivity index (χ3v) is 7.36. The molecule has 1 saturated heterocycles. The molecule has 6 heteroatoms. The highest BCUT2D eigenvalue weighted by Crippen LogP contribution is 2.42. The summed E-state index contributed by atoms with van der Waals surface area (Å²) in [5.41, 5.74) is 5.73. The van der Waals surface area contributed by atoms with Crippen LogP contribution in [0.15, 0.2) is 52.2 Å². The number of nitrogens with zero attached hydrogens (tertiary/aromatic N) is 3. The number of amides is 1. The number of piperazine rings is 1. The molecule has 0 unspecified atom stereocenters. The fourth-order valence-corrected chi connectivity index (χ4v) is 5.36. The van der Waals surface area contributed by atoms with E-state index in [1.54, 1.807) is 12.1 Å². The van der Waals surface area contributed by atoms with Gasteiger partial charge < -0.3 is 14.5 Å². The van der Waals surface area contributed by atoms with E-state index in [1.165, 1.54) is 41.5 Å². The minimum atomic E-state index is -0.498. The molecule has 1 aromatic carbocycles. The summed E-state index contributed by atoms with van der Waals surface area (Å²) in [6, 6.07) is 6.99. The molecule has 0 spiro atoms. The second-order valence-corrected chi connectivity index (χ2v) is 11.7. The summed E-state index contributed by atoms with van der Waals surface area (Å²) in [6.07, 6.45) is 8.32. The first-order chi connectivity index (χ1) is 18.0. The largest absolute Gasteiger partial charge is 0.444 e. The van der Waals surface area contributed by atoms with Gasteiger partial charge in [-0.05, 0) is 116 Å². The number of halogens is 1. The maximum Gasteiger partial charge on any atom is 0.410 e. The molecule has 1 atom stereocenters. The molecule has 1 aliphatic heterocycles. The molecular formula is C32H48FN3O2. The van der Waals surface area contributed by atoms with Gasteiger partial charge in [-0.3, -0.25) is 4.99 Å². The molecule has 3 rings (SSSR count). The lowest BCUT2D eigenvalue weighted by Crippen LogP contribution is -2.54. The van der Waals surface area contributed by atoms with E-state index in [0.29, 0.717) is 12.5 Å². The van der Waals surface area contributed by atoms with E-state index in [0.717, 1.165) is 50.9 Å². The second-order valence-electron chi connectivity index (χ2n) is 11.7. The van der Waals surface area contributed by atoms with E-state index < -0.39 is 5.60 Å². The van der Waals surface area contributed by atoms with Crippen LogP contribution in [0, 0.1) is 11.7 Å². The highest BCUT2D eigenvalue weighted by molar-refractivity contribution is 6.04. The average molecular weight is 526 g/mol. The molecular weight excluding hydrogens is 477 g/mol. The fourth-order valence-electron chi connectivity index (χ4n) is 5.36. The molecule has 1 saturated carbocycles. The molecule has 0 bridgehead atoms. The lowest BCUT2D eigenvalue weighted by Gasteiger charge is -2.42. The van der Waals surface area contributed by atoms with Crippen LogP contribution in [0.2, 0.25) is 0 Å². The van der Waals surface area contributed by atoms with E-state index in [-0.39, 0.29) is 18.0 Å². The number of aliphatic imine (C=N–C) groups is 1. The van der Waals surface area contributed by atoms with Gasteiger partial charge in [0.2, 0.25) is 0 Å². The molecule has 0 aromatic heterocycles. The number of allylic oxidation sites excluding steroid dienone is 4. The van der Waals surface area contributed by atoms with Crippen LogP contribution in [0.3, 0.4) is 0 Å². The number of carbonyl (C=O) groups excluding carboxylic acids is 1. The van der Waals surface area contributed by atoms with Gasteiger partial charge in [-0.1, -0.05) is 18.2 Å². The van der Waals surface area contributed by atoms with Crippen molar-refractivity contribution in [2.45, 2.75) is 98.6 Å². The van der Waals surface area contributed by atoms with Gasteiger partial charge in [0.1, 0.15) is 11.4 Å². The number of rotatable bonds is 10. The van der Waals surface area contributed by atoms with Crippen molar-refractivity contribution in [2.24, 2.45) is 10.9 Å². The van der Waals surface area contributed by atoms with E-state index in [1.807, 2.05) is 31.7 Å². The predicted octanol–water partition coefficient (Wildman–Crippen LogP) is 7.57. The summed E-state index contributed by atoms with van der Waals surface area (Å²) in [4.78, 5) is 22.1. The Kier molecular flexibility index (Phi) is 10.6. The van der Waals surface area contributed by atoms with Gasteiger partial charge in [0.15, 0.2) is 0 Å². The first-order valence-corrected chi connectivity index (χ1v) is 14.4. The smallest absolute Gasteiger partial charge is 0.410 e. The average Bonchev–Trinajstić information content (AvgIpc) is 3.68. The van der Waals surface area contributed by atoms with Crippen molar-refractivity contribution in [1.29, 1.82) is 0 Å². The Bertz CT molecular complexity index is 1050. The Labute approximate surface area is 229 Å². The quantitative estimate of drug-likeness (QED) is 0.180. The maximum atomic E-state index is 13.6. The Morgan fingerprint density at radius 2 is 1.95 bits per heavy atom. The van der Waals surface area contributed by atoms with Gasteiger partial charge in [0.05, 0.1) is 0 Å². The topological polar surface area (TPSA) is 45.1 Å². The van der Waals surface area contributed by atoms with Crippen LogP contribution in [-0.2, 0) is 11.2 Å². The monoisotopic (exact) mass is 525 g/mol. The van der Waals surface area contributed by atoms with Gasteiger partial charge in [0.25, 0.3) is 0 Å². The van der Waals surface area contributed by atoms with Crippen LogP contribution in [0.25, 0.3) is 0 Å². The molecule has 0 N–H and O–H groups in total. The molecule has 1 aliphatic carbocycles. The van der Waals surface area contributed by atoms with Crippen LogP contribution in [0.5, 0.6) is 0 Å². The number of carbonyl (C=O) groups is 1. The number of hydrogen-bond donors (Lipinski definition) is 0. The molecule has 38 heavy (non-hydrogen) atoms. The first kappa shape index (κ1) is 29.9. The third kappa shape index (κ3) is 8.44. The number of aryl methyl sites for hydroxylation is 1. The predicted molar refractivity (Wildman–Crippen MR) is 155 cm³/mol. The van der Waals surface area contributed by atoms with Crippen molar-refractivity contribution in [2.75, 3.05) is 26.2 Å². The van der Waals surface area contributed by atoms with Crippen molar-refractivity contribution in [3.8, 4) is 0 Å². The summed E-state index contributed by atoms with van der Waals surface area (Å²) in [5, 5.41) is 0. The molecule has 0 radical (unpaired) electrons. The standard InChI is InChI=1S/C32H48FN3O2/c1-8-28(26-17-18-26)30(29(34-9-2)16-11-10-13-25-14-12-15-27(33)21-25)24(4)35-19-20-36(23(3)22-35)31(37)38-32(5,6)7/h8,12,14-15,21,23,26H,9-11,13,16-20,22H2,1-7H3/b28-8-,30-24+,34-29?/t23-/m1/s1.